The van der Waals surface area contributed by atoms with Crippen molar-refractivity contribution >= 4 is 17.5 Å². The highest BCUT2D eigenvalue weighted by Gasteiger charge is 2.30. The van der Waals surface area contributed by atoms with Gasteiger partial charge in [-0.1, -0.05) is 30.3 Å². The number of nitrogens with one attached hydrogen (secondary N) is 2. The van der Waals surface area contributed by atoms with E-state index in [1.807, 2.05) is 30.3 Å². The van der Waals surface area contributed by atoms with E-state index in [2.05, 4.69) is 20.6 Å². The molecule has 1 saturated carbocycles. The first-order chi connectivity index (χ1) is 13.0. The third kappa shape index (κ3) is 4.36. The number of hydrogen-bond donors (Lipinski definition) is 2. The van der Waals surface area contributed by atoms with Gasteiger partial charge in [-0.15, -0.1) is 0 Å². The molecule has 4 rings (SSSR count). The fourth-order valence-electron chi connectivity index (χ4n) is 2.63. The molecule has 2 N–H and O–H groups in total. The Morgan fingerprint density at radius 3 is 2.22 bits per heavy atom. The van der Waals surface area contributed by atoms with Gasteiger partial charge in [0.2, 0.25) is 5.95 Å². The van der Waals surface area contributed by atoms with E-state index in [9.17, 15) is 13.2 Å². The average molecular weight is 370 g/mol. The van der Waals surface area contributed by atoms with Gasteiger partial charge in [0.05, 0.1) is 11.3 Å². The van der Waals surface area contributed by atoms with Crippen LogP contribution in [0.3, 0.4) is 0 Å². The number of rotatable bonds is 5. The average Bonchev–Trinajstić information content (AvgIpc) is 3.46. The molecule has 0 spiro atoms. The SMILES string of the molecule is FC(F)(F)c1ccc(Nc2cc(-c3ccccc3)nc(NC3CC3)n2)cc1. The lowest BCUT2D eigenvalue weighted by molar-refractivity contribution is -0.137. The molecule has 138 valence electrons. The minimum absolute atomic E-state index is 0.384. The number of aromatic nitrogens is 2. The van der Waals surface area contributed by atoms with E-state index in [0.717, 1.165) is 36.2 Å². The first kappa shape index (κ1) is 17.3. The minimum atomic E-state index is -4.35. The Balaban J connectivity index is 1.63. The zero-order valence-corrected chi connectivity index (χ0v) is 14.3. The van der Waals surface area contributed by atoms with E-state index in [-0.39, 0.29) is 0 Å². The monoisotopic (exact) mass is 370 g/mol. The fourth-order valence-corrected chi connectivity index (χ4v) is 2.63. The van der Waals surface area contributed by atoms with Crippen LogP contribution in [0.1, 0.15) is 18.4 Å². The number of benzene rings is 2. The van der Waals surface area contributed by atoms with Gasteiger partial charge in [-0.05, 0) is 37.1 Å². The van der Waals surface area contributed by atoms with Gasteiger partial charge in [0, 0.05) is 23.4 Å². The quantitative estimate of drug-likeness (QED) is 0.624. The first-order valence-electron chi connectivity index (χ1n) is 8.63. The highest BCUT2D eigenvalue weighted by Crippen LogP contribution is 2.31. The second kappa shape index (κ2) is 6.90. The molecule has 1 aliphatic carbocycles. The van der Waals surface area contributed by atoms with Crippen molar-refractivity contribution in [3.63, 3.8) is 0 Å². The maximum Gasteiger partial charge on any atom is 0.416 e. The smallest absolute Gasteiger partial charge is 0.351 e. The lowest BCUT2D eigenvalue weighted by Crippen LogP contribution is -2.08. The molecule has 0 radical (unpaired) electrons. The van der Waals surface area contributed by atoms with Gasteiger partial charge in [0.1, 0.15) is 5.82 Å². The van der Waals surface area contributed by atoms with Crippen LogP contribution in [0.25, 0.3) is 11.3 Å². The Kier molecular flexibility index (Phi) is 4.43. The Morgan fingerprint density at radius 2 is 1.59 bits per heavy atom. The molecule has 0 aliphatic heterocycles. The molecule has 0 atom stereocenters. The molecule has 1 heterocycles. The molecular formula is C20H17F3N4. The molecular weight excluding hydrogens is 353 g/mol. The van der Waals surface area contributed by atoms with E-state index in [1.165, 1.54) is 12.1 Å². The molecule has 7 heteroatoms. The molecule has 0 amide bonds. The fraction of sp³-hybridized carbons (Fsp3) is 0.200. The number of hydrogen-bond acceptors (Lipinski definition) is 4. The van der Waals surface area contributed by atoms with Crippen LogP contribution in [0.15, 0.2) is 60.7 Å². The summed E-state index contributed by atoms with van der Waals surface area (Å²) < 4.78 is 38.2. The predicted molar refractivity (Wildman–Crippen MR) is 98.8 cm³/mol. The summed E-state index contributed by atoms with van der Waals surface area (Å²) >= 11 is 0. The normalized spacial score (nSPS) is 14.0. The Morgan fingerprint density at radius 1 is 0.889 bits per heavy atom. The summed E-state index contributed by atoms with van der Waals surface area (Å²) in [4.78, 5) is 9.01. The zero-order chi connectivity index (χ0) is 18.9. The summed E-state index contributed by atoms with van der Waals surface area (Å²) in [5.41, 5.74) is 1.52. The van der Waals surface area contributed by atoms with Crippen LogP contribution in [0.5, 0.6) is 0 Å². The van der Waals surface area contributed by atoms with Gasteiger partial charge < -0.3 is 10.6 Å². The lowest BCUT2D eigenvalue weighted by Gasteiger charge is -2.12. The van der Waals surface area contributed by atoms with Crippen molar-refractivity contribution in [3.8, 4) is 11.3 Å². The molecule has 0 bridgehead atoms. The second-order valence-corrected chi connectivity index (χ2v) is 6.45. The summed E-state index contributed by atoms with van der Waals surface area (Å²) in [6.07, 6.45) is -2.18. The lowest BCUT2D eigenvalue weighted by atomic mass is 10.1. The summed E-state index contributed by atoms with van der Waals surface area (Å²) in [6.45, 7) is 0. The molecule has 0 saturated heterocycles. The Bertz CT molecular complexity index is 920. The van der Waals surface area contributed by atoms with E-state index < -0.39 is 11.7 Å². The first-order valence-corrected chi connectivity index (χ1v) is 8.63. The van der Waals surface area contributed by atoms with Gasteiger partial charge in [-0.2, -0.15) is 18.2 Å². The summed E-state index contributed by atoms with van der Waals surface area (Å²) in [5.74, 6) is 1.03. The number of anilines is 3. The van der Waals surface area contributed by atoms with E-state index in [0.29, 0.717) is 23.5 Å². The minimum Gasteiger partial charge on any atom is -0.351 e. The third-order valence-corrected chi connectivity index (χ3v) is 4.19. The van der Waals surface area contributed by atoms with E-state index in [4.69, 9.17) is 0 Å². The number of nitrogens with zero attached hydrogens (tertiary/aromatic N) is 2. The summed E-state index contributed by atoms with van der Waals surface area (Å²) in [5, 5.41) is 6.34. The molecule has 1 aromatic heterocycles. The van der Waals surface area contributed by atoms with Crippen molar-refractivity contribution in [2.24, 2.45) is 0 Å². The Labute approximate surface area is 154 Å². The number of halogens is 3. The van der Waals surface area contributed by atoms with Gasteiger partial charge >= 0.3 is 6.18 Å². The van der Waals surface area contributed by atoms with Crippen molar-refractivity contribution < 1.29 is 13.2 Å². The molecule has 1 aliphatic rings. The number of alkyl halides is 3. The maximum atomic E-state index is 12.7. The van der Waals surface area contributed by atoms with Crippen molar-refractivity contribution in [1.82, 2.24) is 9.97 Å². The maximum absolute atomic E-state index is 12.7. The van der Waals surface area contributed by atoms with Crippen LogP contribution in [0.4, 0.5) is 30.6 Å². The molecule has 27 heavy (non-hydrogen) atoms. The van der Waals surface area contributed by atoms with Crippen molar-refractivity contribution in [3.05, 3.63) is 66.2 Å². The largest absolute Gasteiger partial charge is 0.416 e. The van der Waals surface area contributed by atoms with Gasteiger partial charge in [0.25, 0.3) is 0 Å². The highest BCUT2D eigenvalue weighted by molar-refractivity contribution is 5.67. The molecule has 4 nitrogen and oxygen atoms in total. The summed E-state index contributed by atoms with van der Waals surface area (Å²) in [6, 6.07) is 16.7. The molecule has 2 aromatic carbocycles. The second-order valence-electron chi connectivity index (χ2n) is 6.45. The van der Waals surface area contributed by atoms with Gasteiger partial charge in [-0.3, -0.25) is 0 Å². The van der Waals surface area contributed by atoms with Gasteiger partial charge in [0.15, 0.2) is 0 Å². The van der Waals surface area contributed by atoms with Crippen LogP contribution in [0, 0.1) is 0 Å². The predicted octanol–water partition coefficient (Wildman–Crippen LogP) is 5.48. The van der Waals surface area contributed by atoms with Crippen molar-refractivity contribution in [2.45, 2.75) is 25.1 Å². The Hall–Kier alpha value is -3.09. The van der Waals surface area contributed by atoms with E-state index in [1.54, 1.807) is 6.07 Å². The van der Waals surface area contributed by atoms with Crippen molar-refractivity contribution in [2.75, 3.05) is 10.6 Å². The topological polar surface area (TPSA) is 49.8 Å². The van der Waals surface area contributed by atoms with Crippen LogP contribution in [-0.4, -0.2) is 16.0 Å². The zero-order valence-electron chi connectivity index (χ0n) is 14.3. The third-order valence-electron chi connectivity index (χ3n) is 4.19. The van der Waals surface area contributed by atoms with Crippen LogP contribution < -0.4 is 10.6 Å². The molecule has 0 unspecified atom stereocenters. The molecule has 1 fully saturated rings. The molecule has 3 aromatic rings. The van der Waals surface area contributed by atoms with Gasteiger partial charge in [-0.25, -0.2) is 4.98 Å². The highest BCUT2D eigenvalue weighted by atomic mass is 19.4. The van der Waals surface area contributed by atoms with Crippen LogP contribution in [0.2, 0.25) is 0 Å². The summed E-state index contributed by atoms with van der Waals surface area (Å²) in [7, 11) is 0. The van der Waals surface area contributed by atoms with E-state index >= 15 is 0 Å². The van der Waals surface area contributed by atoms with Crippen molar-refractivity contribution in [1.29, 1.82) is 0 Å². The van der Waals surface area contributed by atoms with Crippen LogP contribution in [-0.2, 0) is 6.18 Å². The standard InChI is InChI=1S/C20H17F3N4/c21-20(22,23)14-6-8-15(9-7-14)24-18-12-17(13-4-2-1-3-5-13)26-19(27-18)25-16-10-11-16/h1-9,12,16H,10-11H2,(H2,24,25,26,27). The van der Waals surface area contributed by atoms with Crippen LogP contribution >= 0.6 is 0 Å².